The fourth-order valence-corrected chi connectivity index (χ4v) is 2.79. The quantitative estimate of drug-likeness (QED) is 0.699. The molecule has 0 bridgehead atoms. The molecule has 0 spiro atoms. The first-order chi connectivity index (χ1) is 10.6. The van der Waals surface area contributed by atoms with Gasteiger partial charge in [-0.1, -0.05) is 38.1 Å². The molecular weight excluding hydrogens is 278 g/mol. The van der Waals surface area contributed by atoms with Crippen LogP contribution in [0.5, 0.6) is 0 Å². The minimum atomic E-state index is -0.411. The number of aliphatic hydroxyl groups excluding tert-OH is 1. The zero-order valence-electron chi connectivity index (χ0n) is 13.5. The number of β-amino-alcohol motifs (C(OH)–C–C–N with tert-alkyl or cyclic N) is 1. The van der Waals surface area contributed by atoms with Gasteiger partial charge in [-0.15, -0.1) is 0 Å². The fraction of sp³-hybridized carbons (Fsp3) is 0.588. The van der Waals surface area contributed by atoms with E-state index in [1.807, 2.05) is 12.1 Å². The van der Waals surface area contributed by atoms with Gasteiger partial charge in [-0.3, -0.25) is 9.69 Å². The number of carbonyl (C=O) groups excluding carboxylic acids is 1. The summed E-state index contributed by atoms with van der Waals surface area (Å²) in [7, 11) is 0. The second kappa shape index (κ2) is 8.27. The van der Waals surface area contributed by atoms with Crippen LogP contribution in [0.4, 0.5) is 0 Å². The summed E-state index contributed by atoms with van der Waals surface area (Å²) < 4.78 is 0. The zero-order chi connectivity index (χ0) is 15.9. The van der Waals surface area contributed by atoms with Crippen LogP contribution < -0.4 is 10.6 Å². The van der Waals surface area contributed by atoms with E-state index in [9.17, 15) is 9.90 Å². The summed E-state index contributed by atoms with van der Waals surface area (Å²) in [6.45, 7) is 8.28. The normalized spacial score (nSPS) is 21.3. The number of rotatable bonds is 7. The largest absolute Gasteiger partial charge is 0.392 e. The molecule has 5 nitrogen and oxygen atoms in total. The Hall–Kier alpha value is -1.43. The molecule has 3 N–H and O–H groups in total. The lowest BCUT2D eigenvalue weighted by atomic mass is 10.1. The number of hydrogen-bond acceptors (Lipinski definition) is 4. The van der Waals surface area contributed by atoms with Crippen LogP contribution in [0.15, 0.2) is 24.3 Å². The Morgan fingerprint density at radius 2 is 2.00 bits per heavy atom. The number of nitrogens with zero attached hydrogens (tertiary/aromatic N) is 1. The lowest BCUT2D eigenvalue weighted by Crippen LogP contribution is -2.40. The Kier molecular flexibility index (Phi) is 6.36. The first-order valence-corrected chi connectivity index (χ1v) is 8.12. The highest BCUT2D eigenvalue weighted by Crippen LogP contribution is 2.12. The van der Waals surface area contributed by atoms with Gasteiger partial charge in [-0.05, 0) is 30.6 Å². The van der Waals surface area contributed by atoms with Gasteiger partial charge in [0.05, 0.1) is 12.1 Å². The number of amides is 1. The Morgan fingerprint density at radius 3 is 2.59 bits per heavy atom. The molecule has 1 fully saturated rings. The summed E-state index contributed by atoms with van der Waals surface area (Å²) in [5, 5.41) is 15.5. The maximum atomic E-state index is 12.1. The average molecular weight is 305 g/mol. The molecule has 1 aromatic carbocycles. The molecule has 22 heavy (non-hydrogen) atoms. The molecule has 1 amide bonds. The van der Waals surface area contributed by atoms with Gasteiger partial charge in [0.15, 0.2) is 0 Å². The smallest absolute Gasteiger partial charge is 0.237 e. The number of carbonyl (C=O) groups is 1. The highest BCUT2D eigenvalue weighted by molar-refractivity contribution is 5.82. The summed E-state index contributed by atoms with van der Waals surface area (Å²) in [4.78, 5) is 14.5. The van der Waals surface area contributed by atoms with Gasteiger partial charge in [0, 0.05) is 19.6 Å². The van der Waals surface area contributed by atoms with Crippen molar-refractivity contribution in [2.24, 2.45) is 0 Å². The van der Waals surface area contributed by atoms with E-state index < -0.39 is 6.10 Å². The lowest BCUT2D eigenvalue weighted by molar-refractivity contribution is -0.123. The number of nitrogens with one attached hydrogen (secondary N) is 2. The molecule has 1 aliphatic heterocycles. The van der Waals surface area contributed by atoms with Crippen LogP contribution in [0, 0.1) is 0 Å². The third-order valence-corrected chi connectivity index (χ3v) is 4.28. The van der Waals surface area contributed by atoms with Crippen molar-refractivity contribution >= 4 is 5.91 Å². The molecule has 1 aromatic rings. The van der Waals surface area contributed by atoms with Crippen molar-refractivity contribution in [1.82, 2.24) is 15.5 Å². The highest BCUT2D eigenvalue weighted by atomic mass is 16.3. The topological polar surface area (TPSA) is 64.6 Å². The molecule has 1 heterocycles. The van der Waals surface area contributed by atoms with E-state index >= 15 is 0 Å². The van der Waals surface area contributed by atoms with Gasteiger partial charge >= 0.3 is 0 Å². The fourth-order valence-electron chi connectivity index (χ4n) is 2.79. The molecule has 0 aromatic heterocycles. The maximum Gasteiger partial charge on any atom is 0.237 e. The molecule has 2 unspecified atom stereocenters. The Labute approximate surface area is 132 Å². The number of hydrogen-bond donors (Lipinski definition) is 3. The van der Waals surface area contributed by atoms with Crippen LogP contribution in [0.25, 0.3) is 0 Å². The number of benzene rings is 1. The average Bonchev–Trinajstić information content (AvgIpc) is 2.97. The van der Waals surface area contributed by atoms with E-state index in [1.54, 1.807) is 0 Å². The maximum absolute atomic E-state index is 12.1. The highest BCUT2D eigenvalue weighted by Gasteiger charge is 2.27. The van der Waals surface area contributed by atoms with E-state index in [2.05, 4.69) is 41.5 Å². The first-order valence-electron chi connectivity index (χ1n) is 8.12. The van der Waals surface area contributed by atoms with Gasteiger partial charge in [0.25, 0.3) is 0 Å². The van der Waals surface area contributed by atoms with E-state index in [1.165, 1.54) is 5.56 Å². The van der Waals surface area contributed by atoms with Crippen LogP contribution in [0.1, 0.15) is 31.4 Å². The summed E-state index contributed by atoms with van der Waals surface area (Å²) in [6.07, 6.45) is 0.0816. The van der Waals surface area contributed by atoms with Crippen molar-refractivity contribution < 1.29 is 9.90 Å². The Bertz CT molecular complexity index is 489. The molecule has 0 radical (unpaired) electrons. The first kappa shape index (κ1) is 16.9. The third-order valence-electron chi connectivity index (χ3n) is 4.28. The van der Waals surface area contributed by atoms with Gasteiger partial charge < -0.3 is 15.7 Å². The Balaban J connectivity index is 1.93. The van der Waals surface area contributed by atoms with Crippen molar-refractivity contribution in [2.45, 2.75) is 45.5 Å². The van der Waals surface area contributed by atoms with Crippen molar-refractivity contribution in [2.75, 3.05) is 19.6 Å². The Morgan fingerprint density at radius 1 is 1.32 bits per heavy atom. The zero-order valence-corrected chi connectivity index (χ0v) is 13.5. The SMILES string of the molecule is CCN(CC)Cc1ccccc1CNC(=O)C1CC(O)CN1. The predicted octanol–water partition coefficient (Wildman–Crippen LogP) is 0.867. The van der Waals surface area contributed by atoms with E-state index in [0.717, 1.165) is 25.2 Å². The van der Waals surface area contributed by atoms with E-state index in [4.69, 9.17) is 0 Å². The minimum absolute atomic E-state index is 0.0332. The van der Waals surface area contributed by atoms with Crippen molar-refractivity contribution in [1.29, 1.82) is 0 Å². The van der Waals surface area contributed by atoms with Crippen LogP contribution >= 0.6 is 0 Å². The molecule has 5 heteroatoms. The van der Waals surface area contributed by atoms with Crippen molar-refractivity contribution in [3.8, 4) is 0 Å². The second-order valence-corrected chi connectivity index (χ2v) is 5.80. The van der Waals surface area contributed by atoms with Crippen molar-refractivity contribution in [3.05, 3.63) is 35.4 Å². The third kappa shape index (κ3) is 4.53. The molecule has 1 saturated heterocycles. The molecule has 0 saturated carbocycles. The monoisotopic (exact) mass is 305 g/mol. The molecular formula is C17H27N3O2. The van der Waals surface area contributed by atoms with Crippen LogP contribution in [-0.2, 0) is 17.9 Å². The molecule has 2 atom stereocenters. The van der Waals surface area contributed by atoms with Crippen LogP contribution in [0.2, 0.25) is 0 Å². The van der Waals surface area contributed by atoms with Gasteiger partial charge in [0.2, 0.25) is 5.91 Å². The van der Waals surface area contributed by atoms with Gasteiger partial charge in [-0.2, -0.15) is 0 Å². The standard InChI is InChI=1S/C17H27N3O2/c1-3-20(4-2)12-14-8-6-5-7-13(14)10-19-17(22)16-9-15(21)11-18-16/h5-8,15-16,18,21H,3-4,9-12H2,1-2H3,(H,19,22). The van der Waals surface area contributed by atoms with Crippen molar-refractivity contribution in [3.63, 3.8) is 0 Å². The summed E-state index contributed by atoms with van der Waals surface area (Å²) in [5.74, 6) is -0.0332. The lowest BCUT2D eigenvalue weighted by Gasteiger charge is -2.20. The molecule has 122 valence electrons. The summed E-state index contributed by atoms with van der Waals surface area (Å²) in [6, 6.07) is 7.96. The second-order valence-electron chi connectivity index (χ2n) is 5.80. The van der Waals surface area contributed by atoms with E-state index in [-0.39, 0.29) is 11.9 Å². The van der Waals surface area contributed by atoms with Crippen LogP contribution in [-0.4, -0.2) is 47.7 Å². The molecule has 1 aliphatic rings. The van der Waals surface area contributed by atoms with Crippen LogP contribution in [0.3, 0.4) is 0 Å². The summed E-state index contributed by atoms with van der Waals surface area (Å²) in [5.41, 5.74) is 2.41. The van der Waals surface area contributed by atoms with E-state index in [0.29, 0.717) is 19.5 Å². The minimum Gasteiger partial charge on any atom is -0.392 e. The van der Waals surface area contributed by atoms with Gasteiger partial charge in [-0.25, -0.2) is 0 Å². The molecule has 2 rings (SSSR count). The predicted molar refractivity (Wildman–Crippen MR) is 87.3 cm³/mol. The summed E-state index contributed by atoms with van der Waals surface area (Å²) >= 11 is 0. The van der Waals surface area contributed by atoms with Gasteiger partial charge in [0.1, 0.15) is 0 Å². The molecule has 0 aliphatic carbocycles. The number of aliphatic hydroxyl groups is 1.